The number of aromatic nitrogens is 3. The molecule has 1 fully saturated rings. The van der Waals surface area contributed by atoms with Crippen LogP contribution in [-0.2, 0) is 4.74 Å². The molecule has 24 heavy (non-hydrogen) atoms. The van der Waals surface area contributed by atoms with E-state index in [4.69, 9.17) is 4.74 Å². The lowest BCUT2D eigenvalue weighted by atomic mass is 10.3. The molecule has 1 saturated heterocycles. The average Bonchev–Trinajstić information content (AvgIpc) is 3.16. The molecule has 0 unspecified atom stereocenters. The van der Waals surface area contributed by atoms with Gasteiger partial charge in [0.25, 0.3) is 4.96 Å². The molecule has 1 aliphatic rings. The average molecular weight is 346 g/mol. The maximum atomic E-state index is 11.3. The van der Waals surface area contributed by atoms with E-state index in [2.05, 4.69) is 20.2 Å². The summed E-state index contributed by atoms with van der Waals surface area (Å²) in [6.45, 7) is 3.00. The largest absolute Gasteiger partial charge is 0.378 e. The second-order valence-corrected chi connectivity index (χ2v) is 6.10. The van der Waals surface area contributed by atoms with Crippen molar-refractivity contribution >= 4 is 39.4 Å². The van der Waals surface area contributed by atoms with Crippen LogP contribution in [0.4, 0.5) is 23.1 Å². The maximum Gasteiger partial charge on any atom is 0.373 e. The molecule has 1 aliphatic heterocycles. The molecular weight excluding hydrogens is 332 g/mol. The SMILES string of the molecule is O=[N+]([O-])c1c(Nc2ccc(N3CCOCC3)nc2)nc2sccn12. The summed E-state index contributed by atoms with van der Waals surface area (Å²) in [7, 11) is 0. The Kier molecular flexibility index (Phi) is 3.75. The van der Waals surface area contributed by atoms with Gasteiger partial charge in [0.15, 0.2) is 0 Å². The summed E-state index contributed by atoms with van der Waals surface area (Å²) in [5.41, 5.74) is 0.654. The smallest absolute Gasteiger partial charge is 0.373 e. The molecule has 124 valence electrons. The summed E-state index contributed by atoms with van der Waals surface area (Å²) in [5.74, 6) is 1.00. The molecule has 4 heterocycles. The van der Waals surface area contributed by atoms with Crippen LogP contribution in [0.3, 0.4) is 0 Å². The molecule has 3 aromatic rings. The van der Waals surface area contributed by atoms with Crippen LogP contribution in [0.2, 0.25) is 0 Å². The van der Waals surface area contributed by atoms with E-state index >= 15 is 0 Å². The molecule has 1 N–H and O–H groups in total. The van der Waals surface area contributed by atoms with Gasteiger partial charge in [-0.25, -0.2) is 4.98 Å². The van der Waals surface area contributed by atoms with E-state index in [0.717, 1.165) is 18.9 Å². The van der Waals surface area contributed by atoms with E-state index in [1.165, 1.54) is 15.7 Å². The highest BCUT2D eigenvalue weighted by Gasteiger charge is 2.23. The first-order valence-electron chi connectivity index (χ1n) is 7.38. The van der Waals surface area contributed by atoms with Gasteiger partial charge in [-0.05, 0) is 17.1 Å². The first-order valence-corrected chi connectivity index (χ1v) is 8.26. The van der Waals surface area contributed by atoms with E-state index in [1.807, 2.05) is 12.1 Å². The van der Waals surface area contributed by atoms with Crippen LogP contribution in [0.5, 0.6) is 0 Å². The number of anilines is 3. The second kappa shape index (κ2) is 6.06. The predicted octanol–water partition coefficient (Wildman–Crippen LogP) is 2.28. The van der Waals surface area contributed by atoms with Crippen LogP contribution in [0.15, 0.2) is 29.9 Å². The summed E-state index contributed by atoms with van der Waals surface area (Å²) in [6.07, 6.45) is 3.29. The molecule has 10 heteroatoms. The standard InChI is InChI=1S/C14H14N6O3S/c21-20(22)13-12(17-14-19(13)5-8-24-14)16-10-1-2-11(15-9-10)18-3-6-23-7-4-18/h1-2,5,8-9,16H,3-4,6-7H2. The number of thiazole rings is 1. The topological polar surface area (TPSA) is 97.8 Å². The van der Waals surface area contributed by atoms with Crippen molar-refractivity contribution in [2.24, 2.45) is 0 Å². The molecule has 0 radical (unpaired) electrons. The van der Waals surface area contributed by atoms with E-state index < -0.39 is 4.92 Å². The van der Waals surface area contributed by atoms with E-state index in [0.29, 0.717) is 23.9 Å². The third kappa shape index (κ3) is 2.65. The van der Waals surface area contributed by atoms with Gasteiger partial charge in [-0.3, -0.25) is 0 Å². The molecule has 0 amide bonds. The first-order chi connectivity index (χ1) is 11.7. The van der Waals surface area contributed by atoms with Crippen molar-refractivity contribution in [3.63, 3.8) is 0 Å². The Morgan fingerprint density at radius 1 is 1.33 bits per heavy atom. The number of fused-ring (bicyclic) bond motifs is 1. The maximum absolute atomic E-state index is 11.3. The quantitative estimate of drug-likeness (QED) is 0.571. The second-order valence-electron chi connectivity index (χ2n) is 5.23. The number of imidazole rings is 1. The third-order valence-corrected chi connectivity index (χ3v) is 4.51. The Labute approximate surface area is 140 Å². The van der Waals surface area contributed by atoms with Gasteiger partial charge in [0, 0.05) is 18.5 Å². The van der Waals surface area contributed by atoms with Crippen LogP contribution in [-0.4, -0.2) is 45.6 Å². The van der Waals surface area contributed by atoms with Crippen molar-refractivity contribution < 1.29 is 9.66 Å². The zero-order chi connectivity index (χ0) is 16.5. The van der Waals surface area contributed by atoms with Crippen LogP contribution in [0.1, 0.15) is 0 Å². The zero-order valence-corrected chi connectivity index (χ0v) is 13.4. The minimum atomic E-state index is -0.440. The first kappa shape index (κ1) is 14.8. The van der Waals surface area contributed by atoms with Crippen molar-refractivity contribution in [2.45, 2.75) is 0 Å². The van der Waals surface area contributed by atoms with Crippen LogP contribution in [0, 0.1) is 10.1 Å². The number of hydrogen-bond acceptors (Lipinski definition) is 8. The van der Waals surface area contributed by atoms with Gasteiger partial charge in [0.05, 0.1) is 25.1 Å². The summed E-state index contributed by atoms with van der Waals surface area (Å²) in [6, 6.07) is 3.73. The fourth-order valence-corrected chi connectivity index (χ4v) is 3.32. The molecule has 0 aliphatic carbocycles. The molecule has 4 rings (SSSR count). The van der Waals surface area contributed by atoms with Crippen molar-refractivity contribution in [1.82, 2.24) is 14.4 Å². The number of nitro groups is 1. The Morgan fingerprint density at radius 2 is 2.17 bits per heavy atom. The molecule has 0 bridgehead atoms. The van der Waals surface area contributed by atoms with Crippen molar-refractivity contribution in [3.05, 3.63) is 40.0 Å². The lowest BCUT2D eigenvalue weighted by Gasteiger charge is -2.27. The molecule has 0 saturated carbocycles. The van der Waals surface area contributed by atoms with Gasteiger partial charge in [0.2, 0.25) is 5.82 Å². The zero-order valence-electron chi connectivity index (χ0n) is 12.6. The number of morpholine rings is 1. The lowest BCUT2D eigenvalue weighted by molar-refractivity contribution is -0.389. The number of nitrogens with one attached hydrogen (secondary N) is 1. The summed E-state index contributed by atoms with van der Waals surface area (Å²) >= 11 is 1.34. The normalized spacial score (nSPS) is 14.9. The Morgan fingerprint density at radius 3 is 2.88 bits per heavy atom. The number of pyridine rings is 1. The predicted molar refractivity (Wildman–Crippen MR) is 90.3 cm³/mol. The summed E-state index contributed by atoms with van der Waals surface area (Å²) in [4.78, 5) is 22.3. The number of ether oxygens (including phenoxy) is 1. The minimum absolute atomic E-state index is 0.0801. The van der Waals surface area contributed by atoms with E-state index in [9.17, 15) is 10.1 Å². The molecule has 0 aromatic carbocycles. The Bertz CT molecular complexity index is 868. The number of rotatable bonds is 4. The summed E-state index contributed by atoms with van der Waals surface area (Å²) < 4.78 is 6.79. The van der Waals surface area contributed by atoms with Crippen LogP contribution in [0.25, 0.3) is 4.96 Å². The van der Waals surface area contributed by atoms with Gasteiger partial charge in [-0.2, -0.15) is 9.38 Å². The Hall–Kier alpha value is -2.72. The monoisotopic (exact) mass is 346 g/mol. The van der Waals surface area contributed by atoms with Crippen LogP contribution < -0.4 is 10.2 Å². The van der Waals surface area contributed by atoms with Crippen molar-refractivity contribution in [3.8, 4) is 0 Å². The van der Waals surface area contributed by atoms with E-state index in [-0.39, 0.29) is 11.6 Å². The van der Waals surface area contributed by atoms with Gasteiger partial charge in [-0.1, -0.05) is 11.3 Å². The molecule has 0 spiro atoms. The molecule has 0 atom stereocenters. The van der Waals surface area contributed by atoms with Gasteiger partial charge < -0.3 is 25.1 Å². The molecular formula is C14H14N6O3S. The van der Waals surface area contributed by atoms with Crippen molar-refractivity contribution in [2.75, 3.05) is 36.5 Å². The van der Waals surface area contributed by atoms with Crippen LogP contribution >= 0.6 is 11.3 Å². The number of hydrogen-bond donors (Lipinski definition) is 1. The third-order valence-electron chi connectivity index (χ3n) is 3.76. The van der Waals surface area contributed by atoms with Gasteiger partial charge in [0.1, 0.15) is 12.0 Å². The van der Waals surface area contributed by atoms with E-state index in [1.54, 1.807) is 17.8 Å². The number of nitrogens with zero attached hydrogens (tertiary/aromatic N) is 5. The minimum Gasteiger partial charge on any atom is -0.378 e. The van der Waals surface area contributed by atoms with Gasteiger partial charge >= 0.3 is 5.82 Å². The Balaban J connectivity index is 1.58. The lowest BCUT2D eigenvalue weighted by Crippen LogP contribution is -2.36. The fraction of sp³-hybridized carbons (Fsp3) is 0.286. The molecule has 3 aromatic heterocycles. The molecule has 9 nitrogen and oxygen atoms in total. The highest BCUT2D eigenvalue weighted by atomic mass is 32.1. The fourth-order valence-electron chi connectivity index (χ4n) is 2.61. The highest BCUT2D eigenvalue weighted by molar-refractivity contribution is 7.15. The highest BCUT2D eigenvalue weighted by Crippen LogP contribution is 2.30. The van der Waals surface area contributed by atoms with Gasteiger partial charge in [-0.15, -0.1) is 0 Å². The van der Waals surface area contributed by atoms with Crippen molar-refractivity contribution in [1.29, 1.82) is 0 Å². The summed E-state index contributed by atoms with van der Waals surface area (Å²) in [5, 5.41) is 16.1.